The van der Waals surface area contributed by atoms with Crippen LogP contribution in [0.1, 0.15) is 55.2 Å². The maximum atomic E-state index is 12.6. The molecule has 0 saturated heterocycles. The highest BCUT2D eigenvalue weighted by atomic mass is 16.3. The summed E-state index contributed by atoms with van der Waals surface area (Å²) in [6.07, 6.45) is 11.8. The van der Waals surface area contributed by atoms with Gasteiger partial charge in [-0.3, -0.25) is 14.6 Å². The predicted octanol–water partition coefficient (Wildman–Crippen LogP) is 3.86. The molecule has 3 aromatic rings. The molecule has 3 N–H and O–H groups in total. The van der Waals surface area contributed by atoms with Gasteiger partial charge in [-0.05, 0) is 91.0 Å². The molecule has 1 aromatic heterocycles. The maximum Gasteiger partial charge on any atom is 0.335 e. The molecule has 4 saturated carbocycles. The summed E-state index contributed by atoms with van der Waals surface area (Å²) in [6, 6.07) is 17.1. The van der Waals surface area contributed by atoms with Crippen LogP contribution in [0.3, 0.4) is 0 Å². The van der Waals surface area contributed by atoms with Gasteiger partial charge in [-0.1, -0.05) is 42.5 Å². The van der Waals surface area contributed by atoms with E-state index in [4.69, 9.17) is 0 Å². The Hall–Kier alpha value is -4.20. The summed E-state index contributed by atoms with van der Waals surface area (Å²) in [5, 5.41) is 14.6. The van der Waals surface area contributed by atoms with E-state index in [1.807, 2.05) is 42.5 Å². The average molecular weight is 511 g/mol. The van der Waals surface area contributed by atoms with Crippen molar-refractivity contribution in [3.63, 3.8) is 0 Å². The summed E-state index contributed by atoms with van der Waals surface area (Å²) >= 11 is 0. The third-order valence-electron chi connectivity index (χ3n) is 8.49. The minimum absolute atomic E-state index is 0.219. The molecule has 4 fully saturated rings. The fraction of sp³-hybridized carbons (Fsp3) is 0.333. The van der Waals surface area contributed by atoms with E-state index >= 15 is 0 Å². The Kier molecular flexibility index (Phi) is 6.10. The lowest BCUT2D eigenvalue weighted by molar-refractivity contribution is -0.116. The van der Waals surface area contributed by atoms with Crippen LogP contribution in [0.2, 0.25) is 0 Å². The van der Waals surface area contributed by atoms with Crippen LogP contribution in [0, 0.1) is 17.8 Å². The molecule has 0 unspecified atom stereocenters. The van der Waals surface area contributed by atoms with Crippen molar-refractivity contribution < 1.29 is 9.90 Å². The average Bonchev–Trinajstić information content (AvgIpc) is 2.89. The van der Waals surface area contributed by atoms with Crippen LogP contribution in [0.4, 0.5) is 0 Å². The monoisotopic (exact) mass is 510 g/mol. The molecular weight excluding hydrogens is 480 g/mol. The summed E-state index contributed by atoms with van der Waals surface area (Å²) in [7, 11) is 0. The lowest BCUT2D eigenvalue weighted by Gasteiger charge is -2.57. The van der Waals surface area contributed by atoms with E-state index in [0.29, 0.717) is 5.69 Å². The van der Waals surface area contributed by atoms with Crippen molar-refractivity contribution in [3.05, 3.63) is 98.2 Å². The Bertz CT molecular complexity index is 1500. The number of carbonyl (C=O) groups excluding carboxylic acids is 1. The van der Waals surface area contributed by atoms with Gasteiger partial charge >= 0.3 is 5.69 Å². The third-order valence-corrected chi connectivity index (χ3v) is 8.49. The molecule has 1 heterocycles. The molecule has 1 amide bonds. The lowest BCUT2D eigenvalue weighted by Crippen LogP contribution is -2.48. The quantitative estimate of drug-likeness (QED) is 0.265. The molecule has 4 aliphatic carbocycles. The number of nitrogens with zero attached hydrogens (tertiary/aromatic N) is 2. The lowest BCUT2D eigenvalue weighted by atomic mass is 9.48. The predicted molar refractivity (Wildman–Crippen MR) is 145 cm³/mol. The minimum atomic E-state index is -0.799. The molecule has 38 heavy (non-hydrogen) atoms. The molecule has 194 valence electrons. The first kappa shape index (κ1) is 24.2. The fourth-order valence-corrected chi connectivity index (χ4v) is 7.26. The number of H-pyrrole nitrogens is 1. The van der Waals surface area contributed by atoms with Gasteiger partial charge in [-0.2, -0.15) is 5.10 Å². The third kappa shape index (κ3) is 4.51. The number of carbonyl (C=O) groups is 1. The molecule has 4 bridgehead atoms. The van der Waals surface area contributed by atoms with E-state index in [9.17, 15) is 19.5 Å². The number of aromatic amines is 1. The fourth-order valence-electron chi connectivity index (χ4n) is 7.26. The molecule has 8 nitrogen and oxygen atoms in total. The Morgan fingerprint density at radius 3 is 2.24 bits per heavy atom. The summed E-state index contributed by atoms with van der Waals surface area (Å²) in [5.41, 5.74) is 3.32. The van der Waals surface area contributed by atoms with E-state index in [0.717, 1.165) is 34.1 Å². The zero-order chi connectivity index (χ0) is 26.3. The van der Waals surface area contributed by atoms with Gasteiger partial charge in [0.25, 0.3) is 11.5 Å². The van der Waals surface area contributed by atoms with Crippen LogP contribution in [-0.4, -0.2) is 26.8 Å². The largest absolute Gasteiger partial charge is 0.493 e. The number of amides is 1. The van der Waals surface area contributed by atoms with Gasteiger partial charge in [-0.25, -0.2) is 14.8 Å². The number of rotatable bonds is 6. The number of aromatic hydroxyl groups is 1. The van der Waals surface area contributed by atoms with Crippen molar-refractivity contribution in [2.24, 2.45) is 22.9 Å². The number of hydrogen-bond donors (Lipinski definition) is 3. The maximum absolute atomic E-state index is 12.6. The number of benzene rings is 2. The summed E-state index contributed by atoms with van der Waals surface area (Å²) in [5.74, 6) is 1.42. The van der Waals surface area contributed by atoms with Crippen molar-refractivity contribution in [3.8, 4) is 11.6 Å². The second-order valence-electron chi connectivity index (χ2n) is 11.1. The van der Waals surface area contributed by atoms with Gasteiger partial charge in [0.2, 0.25) is 5.88 Å². The van der Waals surface area contributed by atoms with Gasteiger partial charge < -0.3 is 5.11 Å². The Morgan fingerprint density at radius 1 is 0.974 bits per heavy atom. The van der Waals surface area contributed by atoms with Crippen LogP contribution in [0.15, 0.2) is 75.4 Å². The highest BCUT2D eigenvalue weighted by molar-refractivity contribution is 5.92. The summed E-state index contributed by atoms with van der Waals surface area (Å²) in [6.45, 7) is 0. The first-order chi connectivity index (χ1) is 18.4. The first-order valence-electron chi connectivity index (χ1n) is 13.2. The molecule has 0 atom stereocenters. The number of hydrazone groups is 1. The van der Waals surface area contributed by atoms with Gasteiger partial charge in [0.15, 0.2) is 0 Å². The molecule has 0 radical (unpaired) electrons. The molecule has 2 aromatic carbocycles. The van der Waals surface area contributed by atoms with Gasteiger partial charge in [0, 0.05) is 6.08 Å². The number of aromatic nitrogens is 2. The SMILES string of the molecule is O=C(/C=C/c1ccccc1)NN=Cc1c(O)n(-c2ccc(C34CC5CC(CC(C5)C3)C4)cc2)c(=O)[nH]c1=O. The molecule has 7 rings (SSSR count). The van der Waals surface area contributed by atoms with Crippen molar-refractivity contribution in [1.82, 2.24) is 15.0 Å². The van der Waals surface area contributed by atoms with Crippen LogP contribution in [0.25, 0.3) is 11.8 Å². The van der Waals surface area contributed by atoms with E-state index in [-0.39, 0.29) is 11.0 Å². The van der Waals surface area contributed by atoms with Crippen LogP contribution < -0.4 is 16.7 Å². The smallest absolute Gasteiger partial charge is 0.335 e. The Morgan fingerprint density at radius 2 is 1.61 bits per heavy atom. The minimum Gasteiger partial charge on any atom is -0.493 e. The van der Waals surface area contributed by atoms with Gasteiger partial charge in [0.05, 0.1) is 11.9 Å². The second-order valence-corrected chi connectivity index (χ2v) is 11.1. The highest BCUT2D eigenvalue weighted by Gasteiger charge is 2.51. The zero-order valence-electron chi connectivity index (χ0n) is 21.0. The highest BCUT2D eigenvalue weighted by Crippen LogP contribution is 2.60. The topological polar surface area (TPSA) is 117 Å². The number of nitrogens with one attached hydrogen (secondary N) is 2. The number of hydrogen-bond acceptors (Lipinski definition) is 5. The molecule has 0 aliphatic heterocycles. The van der Waals surface area contributed by atoms with Crippen LogP contribution in [-0.2, 0) is 10.2 Å². The van der Waals surface area contributed by atoms with E-state index in [1.165, 1.54) is 50.2 Å². The van der Waals surface area contributed by atoms with Gasteiger partial charge in [-0.15, -0.1) is 0 Å². The summed E-state index contributed by atoms with van der Waals surface area (Å²) in [4.78, 5) is 39.3. The van der Waals surface area contributed by atoms with E-state index in [1.54, 1.807) is 6.08 Å². The second kappa shape index (κ2) is 9.59. The van der Waals surface area contributed by atoms with Crippen molar-refractivity contribution >= 4 is 18.2 Å². The van der Waals surface area contributed by atoms with Crippen molar-refractivity contribution in [2.45, 2.75) is 43.9 Å². The molecule has 8 heteroatoms. The van der Waals surface area contributed by atoms with Gasteiger partial charge in [0.1, 0.15) is 5.56 Å². The molecule has 4 aliphatic rings. The normalized spacial score (nSPS) is 25.8. The van der Waals surface area contributed by atoms with Crippen molar-refractivity contribution in [2.75, 3.05) is 0 Å². The van der Waals surface area contributed by atoms with Crippen molar-refractivity contribution in [1.29, 1.82) is 0 Å². The standard InChI is InChI=1S/C30H30N4O4/c35-26(11-6-19-4-2-1-3-5-19)33-31-18-25-27(36)32-29(38)34(28(25)37)24-9-7-23(8-10-24)30-15-20-12-21(16-30)14-22(13-20)17-30/h1-11,18,20-22,37H,12-17H2,(H,33,35)(H,32,36,38)/b11-6+,31-18?. The van der Waals surface area contributed by atoms with Crippen LogP contribution in [0.5, 0.6) is 5.88 Å². The molecular formula is C30H30N4O4. The molecule has 0 spiro atoms. The Balaban J connectivity index is 1.22. The first-order valence-corrected chi connectivity index (χ1v) is 13.2. The Labute approximate surface area is 219 Å². The van der Waals surface area contributed by atoms with Crippen LogP contribution >= 0.6 is 0 Å². The van der Waals surface area contributed by atoms with E-state index < -0.39 is 23.0 Å². The summed E-state index contributed by atoms with van der Waals surface area (Å²) < 4.78 is 1.04. The van der Waals surface area contributed by atoms with E-state index in [2.05, 4.69) is 27.6 Å². The zero-order valence-corrected chi connectivity index (χ0v) is 21.0.